The van der Waals surface area contributed by atoms with Crippen LogP contribution in [0.1, 0.15) is 35.0 Å². The Labute approximate surface area is 181 Å². The predicted molar refractivity (Wildman–Crippen MR) is 120 cm³/mol. The molecule has 0 aliphatic rings. The van der Waals surface area contributed by atoms with Gasteiger partial charge in [0.1, 0.15) is 23.8 Å². The molecule has 1 aromatic heterocycles. The third-order valence-electron chi connectivity index (χ3n) is 4.48. The molecule has 0 spiro atoms. The minimum atomic E-state index is -0.428. The monoisotopic (exact) mass is 418 g/mol. The molecule has 3 aromatic rings. The normalized spacial score (nSPS) is 11.1. The lowest BCUT2D eigenvalue weighted by molar-refractivity contribution is -0.117. The van der Waals surface area contributed by atoms with Crippen molar-refractivity contribution in [2.75, 3.05) is 13.2 Å². The van der Waals surface area contributed by atoms with Crippen LogP contribution in [0.25, 0.3) is 6.08 Å². The van der Waals surface area contributed by atoms with Gasteiger partial charge in [0.25, 0.3) is 11.8 Å². The average Bonchev–Trinajstić information content (AvgIpc) is 3.31. The number of carbonyl (C=O) groups excluding carboxylic acids is 2. The van der Waals surface area contributed by atoms with E-state index in [1.165, 1.54) is 17.9 Å². The molecule has 0 aliphatic carbocycles. The van der Waals surface area contributed by atoms with E-state index in [4.69, 9.17) is 9.15 Å². The second kappa shape index (κ2) is 11.4. The molecule has 2 amide bonds. The molecular formula is C25H26N2O4. The molecule has 6 nitrogen and oxygen atoms in total. The van der Waals surface area contributed by atoms with Crippen molar-refractivity contribution in [3.8, 4) is 5.75 Å². The fraction of sp³-hybridized carbons (Fsp3) is 0.200. The summed E-state index contributed by atoms with van der Waals surface area (Å²) in [6.07, 6.45) is 5.13. The van der Waals surface area contributed by atoms with Crippen molar-refractivity contribution in [3.05, 3.63) is 95.6 Å². The highest BCUT2D eigenvalue weighted by molar-refractivity contribution is 6.05. The predicted octanol–water partition coefficient (Wildman–Crippen LogP) is 4.20. The molecule has 6 heteroatoms. The van der Waals surface area contributed by atoms with Gasteiger partial charge in [-0.1, -0.05) is 43.7 Å². The van der Waals surface area contributed by atoms with E-state index >= 15 is 0 Å². The van der Waals surface area contributed by atoms with E-state index in [0.29, 0.717) is 17.9 Å². The summed E-state index contributed by atoms with van der Waals surface area (Å²) in [6.45, 7) is 2.73. The number of furan rings is 1. The minimum absolute atomic E-state index is 0.0905. The van der Waals surface area contributed by atoms with Gasteiger partial charge in [0.05, 0.1) is 12.8 Å². The van der Waals surface area contributed by atoms with Gasteiger partial charge in [0.2, 0.25) is 0 Å². The number of amides is 2. The van der Waals surface area contributed by atoms with Crippen LogP contribution in [0.15, 0.2) is 83.1 Å². The molecule has 3 rings (SSSR count). The first-order chi connectivity index (χ1) is 15.2. The van der Waals surface area contributed by atoms with Crippen LogP contribution in [0.5, 0.6) is 5.75 Å². The van der Waals surface area contributed by atoms with Crippen molar-refractivity contribution in [2.45, 2.75) is 19.8 Å². The van der Waals surface area contributed by atoms with E-state index < -0.39 is 5.91 Å². The van der Waals surface area contributed by atoms with Crippen LogP contribution in [-0.2, 0) is 11.2 Å². The maximum absolute atomic E-state index is 12.7. The number of nitrogens with one attached hydrogen (secondary N) is 2. The maximum Gasteiger partial charge on any atom is 0.268 e. The third-order valence-corrected chi connectivity index (χ3v) is 4.48. The van der Waals surface area contributed by atoms with Crippen LogP contribution >= 0.6 is 0 Å². The Kier molecular flexibility index (Phi) is 8.05. The van der Waals surface area contributed by atoms with Crippen LogP contribution in [-0.4, -0.2) is 25.0 Å². The fourth-order valence-electron chi connectivity index (χ4n) is 2.93. The maximum atomic E-state index is 12.7. The number of rotatable bonds is 10. The molecule has 2 N–H and O–H groups in total. The summed E-state index contributed by atoms with van der Waals surface area (Å²) < 4.78 is 11.0. The number of hydrogen-bond acceptors (Lipinski definition) is 4. The van der Waals surface area contributed by atoms with Gasteiger partial charge in [-0.2, -0.15) is 0 Å². The lowest BCUT2D eigenvalue weighted by Crippen LogP contribution is -2.36. The molecule has 31 heavy (non-hydrogen) atoms. The first-order valence-corrected chi connectivity index (χ1v) is 10.3. The van der Waals surface area contributed by atoms with Crippen molar-refractivity contribution >= 4 is 17.9 Å². The Hall–Kier alpha value is -3.80. The summed E-state index contributed by atoms with van der Waals surface area (Å²) in [5, 5.41) is 5.42. The smallest absolute Gasteiger partial charge is 0.268 e. The number of benzene rings is 2. The topological polar surface area (TPSA) is 80.6 Å². The summed E-state index contributed by atoms with van der Waals surface area (Å²) >= 11 is 0. The lowest BCUT2D eigenvalue weighted by Gasteiger charge is -2.12. The van der Waals surface area contributed by atoms with Gasteiger partial charge in [0, 0.05) is 11.6 Å². The summed E-state index contributed by atoms with van der Waals surface area (Å²) in [6, 6.07) is 20.0. The zero-order valence-corrected chi connectivity index (χ0v) is 17.5. The average molecular weight is 418 g/mol. The standard InChI is InChI=1S/C25H26N2O4/c1-2-7-19-11-13-21(14-12-19)31-17-15-26-25(29)23(18-22-10-6-16-30-22)27-24(28)20-8-4-3-5-9-20/h3-6,8-14,16,18H,2,7,15,17H2,1H3,(H,26,29)(H,27,28)/b23-18-. The molecule has 2 aromatic carbocycles. The zero-order chi connectivity index (χ0) is 21.9. The number of carbonyl (C=O) groups is 2. The Morgan fingerprint density at radius 1 is 1.00 bits per heavy atom. The Balaban J connectivity index is 1.56. The van der Waals surface area contributed by atoms with Gasteiger partial charge in [-0.15, -0.1) is 0 Å². The quantitative estimate of drug-likeness (QED) is 0.382. The van der Waals surface area contributed by atoms with Crippen LogP contribution in [0.3, 0.4) is 0 Å². The van der Waals surface area contributed by atoms with E-state index in [1.807, 2.05) is 30.3 Å². The van der Waals surface area contributed by atoms with Crippen molar-refractivity contribution < 1.29 is 18.7 Å². The van der Waals surface area contributed by atoms with Crippen molar-refractivity contribution in [1.82, 2.24) is 10.6 Å². The number of aryl methyl sites for hydroxylation is 1. The van der Waals surface area contributed by atoms with Crippen LogP contribution < -0.4 is 15.4 Å². The molecule has 0 saturated heterocycles. The number of ether oxygens (including phenoxy) is 1. The van der Waals surface area contributed by atoms with Gasteiger partial charge < -0.3 is 19.8 Å². The highest BCUT2D eigenvalue weighted by Gasteiger charge is 2.15. The molecule has 0 aliphatic heterocycles. The van der Waals surface area contributed by atoms with E-state index in [-0.39, 0.29) is 18.1 Å². The molecule has 0 radical (unpaired) electrons. The van der Waals surface area contributed by atoms with Gasteiger partial charge in [-0.25, -0.2) is 0 Å². The number of hydrogen-bond donors (Lipinski definition) is 2. The highest BCUT2D eigenvalue weighted by atomic mass is 16.5. The second-order valence-electron chi connectivity index (χ2n) is 6.89. The van der Waals surface area contributed by atoms with Gasteiger partial charge in [-0.3, -0.25) is 9.59 Å². The van der Waals surface area contributed by atoms with Crippen LogP contribution in [0, 0.1) is 0 Å². The highest BCUT2D eigenvalue weighted by Crippen LogP contribution is 2.13. The Bertz CT molecular complexity index is 994. The van der Waals surface area contributed by atoms with Crippen molar-refractivity contribution in [2.24, 2.45) is 0 Å². The van der Waals surface area contributed by atoms with Crippen molar-refractivity contribution in [1.29, 1.82) is 0 Å². The minimum Gasteiger partial charge on any atom is -0.492 e. The van der Waals surface area contributed by atoms with E-state index in [2.05, 4.69) is 17.6 Å². The SMILES string of the molecule is CCCc1ccc(OCCNC(=O)/C(=C/c2ccco2)NC(=O)c2ccccc2)cc1. The lowest BCUT2D eigenvalue weighted by atomic mass is 10.1. The van der Waals surface area contributed by atoms with Crippen LogP contribution in [0.4, 0.5) is 0 Å². The Morgan fingerprint density at radius 2 is 1.77 bits per heavy atom. The molecule has 0 bridgehead atoms. The summed E-state index contributed by atoms with van der Waals surface area (Å²) in [4.78, 5) is 25.2. The summed E-state index contributed by atoms with van der Waals surface area (Å²) in [7, 11) is 0. The second-order valence-corrected chi connectivity index (χ2v) is 6.89. The van der Waals surface area contributed by atoms with Crippen LogP contribution in [0.2, 0.25) is 0 Å². The molecule has 1 heterocycles. The van der Waals surface area contributed by atoms with E-state index in [9.17, 15) is 9.59 Å². The summed E-state index contributed by atoms with van der Waals surface area (Å²) in [5.41, 5.74) is 1.81. The van der Waals surface area contributed by atoms with Gasteiger partial charge in [-0.05, 0) is 48.4 Å². The molecule has 0 atom stereocenters. The van der Waals surface area contributed by atoms with E-state index in [0.717, 1.165) is 18.6 Å². The molecular weight excluding hydrogens is 392 g/mol. The molecule has 0 unspecified atom stereocenters. The fourth-order valence-corrected chi connectivity index (χ4v) is 2.93. The zero-order valence-electron chi connectivity index (χ0n) is 17.5. The van der Waals surface area contributed by atoms with E-state index in [1.54, 1.807) is 36.4 Å². The Morgan fingerprint density at radius 3 is 2.45 bits per heavy atom. The molecule has 0 saturated carbocycles. The third kappa shape index (κ3) is 6.89. The molecule has 0 fully saturated rings. The first-order valence-electron chi connectivity index (χ1n) is 10.3. The van der Waals surface area contributed by atoms with Gasteiger partial charge in [0.15, 0.2) is 0 Å². The van der Waals surface area contributed by atoms with Crippen molar-refractivity contribution in [3.63, 3.8) is 0 Å². The molecule has 160 valence electrons. The largest absolute Gasteiger partial charge is 0.492 e. The van der Waals surface area contributed by atoms with Gasteiger partial charge >= 0.3 is 0 Å². The first kappa shape index (κ1) is 21.9. The summed E-state index contributed by atoms with van der Waals surface area (Å²) in [5.74, 6) is 0.402.